The quantitative estimate of drug-likeness (QED) is 0.585. The van der Waals surface area contributed by atoms with Crippen LogP contribution in [0.1, 0.15) is 0 Å². The Balaban J connectivity index is 0.000000141. The van der Waals surface area contributed by atoms with Gasteiger partial charge >= 0.3 is 0 Å². The Morgan fingerprint density at radius 1 is 0.583 bits per heavy atom. The van der Waals surface area contributed by atoms with Crippen LogP contribution in [0.3, 0.4) is 0 Å². The molecule has 2 aromatic heterocycles. The fraction of sp³-hybridized carbons (Fsp3) is 0. The topological polar surface area (TPSA) is 102 Å². The molecular formula is C16H14N6O2. The highest BCUT2D eigenvalue weighted by atomic mass is 16.3. The Kier molecular flexibility index (Phi) is 4.47. The van der Waals surface area contributed by atoms with Gasteiger partial charge in [-0.15, -0.1) is 20.4 Å². The van der Waals surface area contributed by atoms with Crippen molar-refractivity contribution in [3.05, 3.63) is 73.8 Å². The Bertz CT molecular complexity index is 815. The molecule has 0 radical (unpaired) electrons. The third kappa shape index (κ3) is 3.74. The lowest BCUT2D eigenvalue weighted by molar-refractivity contribution is 0.474. The summed E-state index contributed by atoms with van der Waals surface area (Å²) in [6.45, 7) is 0. The smallest absolute Gasteiger partial charge is 0.123 e. The summed E-state index contributed by atoms with van der Waals surface area (Å²) < 4.78 is 3.44. The fourth-order valence-electron chi connectivity index (χ4n) is 1.98. The van der Waals surface area contributed by atoms with E-state index in [0.29, 0.717) is 0 Å². The normalized spacial score (nSPS) is 10.0. The molecule has 0 amide bonds. The van der Waals surface area contributed by atoms with Gasteiger partial charge in [-0.1, -0.05) is 12.1 Å². The predicted octanol–water partition coefficient (Wildman–Crippen LogP) is 1.95. The van der Waals surface area contributed by atoms with E-state index < -0.39 is 0 Å². The highest BCUT2D eigenvalue weighted by molar-refractivity contribution is 5.38. The molecule has 0 fully saturated rings. The molecule has 24 heavy (non-hydrogen) atoms. The first-order valence-electron chi connectivity index (χ1n) is 7.00. The SMILES string of the molecule is Oc1cccc(-n2cnnc2)c1.Oc1cccc(-n2cnnc2)c1. The van der Waals surface area contributed by atoms with E-state index in [0.717, 1.165) is 11.4 Å². The number of phenolic OH excluding ortho intramolecular Hbond substituents is 2. The van der Waals surface area contributed by atoms with Gasteiger partial charge in [0.05, 0.1) is 11.4 Å². The molecule has 2 heterocycles. The molecular weight excluding hydrogens is 308 g/mol. The second kappa shape index (κ2) is 7.05. The zero-order valence-corrected chi connectivity index (χ0v) is 12.5. The second-order valence-electron chi connectivity index (χ2n) is 4.78. The van der Waals surface area contributed by atoms with Crippen LogP contribution in [0.5, 0.6) is 11.5 Å². The Hall–Kier alpha value is -3.68. The van der Waals surface area contributed by atoms with Crippen LogP contribution in [0, 0.1) is 0 Å². The van der Waals surface area contributed by atoms with Gasteiger partial charge in [-0.3, -0.25) is 9.13 Å². The summed E-state index contributed by atoms with van der Waals surface area (Å²) in [7, 11) is 0. The maximum atomic E-state index is 9.16. The Morgan fingerprint density at radius 3 is 1.29 bits per heavy atom. The summed E-state index contributed by atoms with van der Waals surface area (Å²) in [5.74, 6) is 0.474. The molecule has 2 aromatic carbocycles. The molecule has 0 aliphatic heterocycles. The first-order chi connectivity index (χ1) is 11.7. The molecule has 120 valence electrons. The number of nitrogens with zero attached hydrogens (tertiary/aromatic N) is 6. The lowest BCUT2D eigenvalue weighted by Gasteiger charge is -1.99. The number of benzene rings is 2. The van der Waals surface area contributed by atoms with Crippen LogP contribution in [-0.4, -0.2) is 39.7 Å². The van der Waals surface area contributed by atoms with Gasteiger partial charge < -0.3 is 10.2 Å². The largest absolute Gasteiger partial charge is 0.508 e. The number of hydrogen-bond acceptors (Lipinski definition) is 6. The van der Waals surface area contributed by atoms with Crippen molar-refractivity contribution in [2.75, 3.05) is 0 Å². The van der Waals surface area contributed by atoms with Crippen LogP contribution in [0.2, 0.25) is 0 Å². The maximum Gasteiger partial charge on any atom is 0.123 e. The van der Waals surface area contributed by atoms with Gasteiger partial charge in [-0.2, -0.15) is 0 Å². The van der Waals surface area contributed by atoms with Gasteiger partial charge in [0.2, 0.25) is 0 Å². The van der Waals surface area contributed by atoms with Gasteiger partial charge in [0.15, 0.2) is 0 Å². The number of rotatable bonds is 2. The zero-order valence-electron chi connectivity index (χ0n) is 12.5. The molecule has 0 bridgehead atoms. The van der Waals surface area contributed by atoms with Crippen LogP contribution in [0.4, 0.5) is 0 Å². The van der Waals surface area contributed by atoms with Crippen LogP contribution in [-0.2, 0) is 0 Å². The molecule has 4 rings (SSSR count). The first-order valence-corrected chi connectivity index (χ1v) is 7.00. The van der Waals surface area contributed by atoms with E-state index >= 15 is 0 Å². The number of phenols is 2. The van der Waals surface area contributed by atoms with E-state index in [4.69, 9.17) is 10.2 Å². The summed E-state index contributed by atoms with van der Waals surface area (Å²) in [6.07, 6.45) is 6.31. The monoisotopic (exact) mass is 322 g/mol. The molecule has 2 N–H and O–H groups in total. The van der Waals surface area contributed by atoms with Gasteiger partial charge in [0.25, 0.3) is 0 Å². The standard InChI is InChI=1S/2C8H7N3O/c2*12-8-3-1-2-7(4-8)11-5-9-10-6-11/h2*1-6,12H. The third-order valence-corrected chi connectivity index (χ3v) is 3.09. The van der Waals surface area contributed by atoms with Crippen molar-refractivity contribution in [1.82, 2.24) is 29.5 Å². The zero-order chi connectivity index (χ0) is 16.8. The molecule has 0 spiro atoms. The van der Waals surface area contributed by atoms with Crippen molar-refractivity contribution < 1.29 is 10.2 Å². The molecule has 0 saturated heterocycles. The fourth-order valence-corrected chi connectivity index (χ4v) is 1.98. The van der Waals surface area contributed by atoms with Gasteiger partial charge in [-0.05, 0) is 24.3 Å². The average molecular weight is 322 g/mol. The summed E-state index contributed by atoms with van der Waals surface area (Å²) in [6, 6.07) is 13.8. The minimum absolute atomic E-state index is 0.237. The van der Waals surface area contributed by atoms with E-state index in [1.54, 1.807) is 70.8 Å². The lowest BCUT2D eigenvalue weighted by atomic mass is 10.3. The number of hydrogen-bond donors (Lipinski definition) is 2. The van der Waals surface area contributed by atoms with Crippen molar-refractivity contribution >= 4 is 0 Å². The molecule has 0 aliphatic carbocycles. The Labute approximate surface area is 137 Å². The first kappa shape index (κ1) is 15.2. The molecule has 0 saturated carbocycles. The van der Waals surface area contributed by atoms with E-state index in [1.807, 2.05) is 12.1 Å². The van der Waals surface area contributed by atoms with Crippen LogP contribution in [0.25, 0.3) is 11.4 Å². The number of aromatic hydroxyl groups is 2. The molecule has 0 aliphatic rings. The van der Waals surface area contributed by atoms with E-state index in [2.05, 4.69) is 20.4 Å². The van der Waals surface area contributed by atoms with E-state index in [1.165, 1.54) is 0 Å². The Morgan fingerprint density at radius 2 is 0.958 bits per heavy atom. The highest BCUT2D eigenvalue weighted by Crippen LogP contribution is 2.14. The highest BCUT2D eigenvalue weighted by Gasteiger charge is 1.96. The molecule has 8 nitrogen and oxygen atoms in total. The van der Waals surface area contributed by atoms with Crippen LogP contribution >= 0.6 is 0 Å². The summed E-state index contributed by atoms with van der Waals surface area (Å²) in [5, 5.41) is 33.0. The molecule has 0 atom stereocenters. The summed E-state index contributed by atoms with van der Waals surface area (Å²) in [5.41, 5.74) is 1.69. The van der Waals surface area contributed by atoms with Crippen LogP contribution in [0.15, 0.2) is 73.8 Å². The minimum atomic E-state index is 0.237. The van der Waals surface area contributed by atoms with Gasteiger partial charge in [-0.25, -0.2) is 0 Å². The molecule has 0 unspecified atom stereocenters. The van der Waals surface area contributed by atoms with E-state index in [9.17, 15) is 0 Å². The predicted molar refractivity (Wildman–Crippen MR) is 86.0 cm³/mol. The van der Waals surface area contributed by atoms with Crippen molar-refractivity contribution in [3.8, 4) is 22.9 Å². The van der Waals surface area contributed by atoms with Gasteiger partial charge in [0, 0.05) is 12.1 Å². The minimum Gasteiger partial charge on any atom is -0.508 e. The van der Waals surface area contributed by atoms with Crippen molar-refractivity contribution in [2.45, 2.75) is 0 Å². The van der Waals surface area contributed by atoms with Gasteiger partial charge in [0.1, 0.15) is 36.8 Å². The third-order valence-electron chi connectivity index (χ3n) is 3.09. The van der Waals surface area contributed by atoms with E-state index in [-0.39, 0.29) is 11.5 Å². The lowest BCUT2D eigenvalue weighted by Crippen LogP contribution is -1.88. The molecule has 8 heteroatoms. The van der Waals surface area contributed by atoms with Crippen molar-refractivity contribution in [3.63, 3.8) is 0 Å². The summed E-state index contributed by atoms with van der Waals surface area (Å²) in [4.78, 5) is 0. The summed E-state index contributed by atoms with van der Waals surface area (Å²) >= 11 is 0. The van der Waals surface area contributed by atoms with Crippen molar-refractivity contribution in [1.29, 1.82) is 0 Å². The average Bonchev–Trinajstić information content (AvgIpc) is 3.29. The van der Waals surface area contributed by atoms with Crippen molar-refractivity contribution in [2.24, 2.45) is 0 Å². The maximum absolute atomic E-state index is 9.16. The number of aromatic nitrogens is 6. The van der Waals surface area contributed by atoms with Crippen LogP contribution < -0.4 is 0 Å². The second-order valence-corrected chi connectivity index (χ2v) is 4.78. The molecule has 4 aromatic rings.